The van der Waals surface area contributed by atoms with Crippen molar-refractivity contribution in [3.05, 3.63) is 45.5 Å². The second-order valence-corrected chi connectivity index (χ2v) is 7.48. The third-order valence-corrected chi connectivity index (χ3v) is 5.29. The SMILES string of the molecule is Cc1ccc(NC(=O)C2CC(=O)Nc3nc(N4CCCCC4)[nH]c(=O)c32)c(F)c1. The van der Waals surface area contributed by atoms with Gasteiger partial charge in [-0.15, -0.1) is 0 Å². The maximum absolute atomic E-state index is 14.1. The molecule has 0 aliphatic carbocycles. The molecule has 0 bridgehead atoms. The molecular formula is C20H22FN5O3. The highest BCUT2D eigenvalue weighted by Crippen LogP contribution is 2.31. The van der Waals surface area contributed by atoms with Crippen LogP contribution < -0.4 is 21.1 Å². The summed E-state index contributed by atoms with van der Waals surface area (Å²) in [5.41, 5.74) is 0.340. The van der Waals surface area contributed by atoms with Crippen LogP contribution in [0, 0.1) is 12.7 Å². The Morgan fingerprint density at radius 1 is 1.24 bits per heavy atom. The number of hydrogen-bond acceptors (Lipinski definition) is 5. The molecule has 1 aromatic heterocycles. The van der Waals surface area contributed by atoms with E-state index in [0.29, 0.717) is 11.5 Å². The molecule has 2 aliphatic rings. The number of aromatic amines is 1. The third-order valence-electron chi connectivity index (χ3n) is 5.29. The average molecular weight is 399 g/mol. The Morgan fingerprint density at radius 2 is 2.00 bits per heavy atom. The molecule has 2 amide bonds. The first-order chi connectivity index (χ1) is 13.9. The Labute approximate surface area is 166 Å². The number of hydrogen-bond donors (Lipinski definition) is 3. The number of anilines is 3. The molecule has 1 saturated heterocycles. The molecule has 9 heteroatoms. The number of carbonyl (C=O) groups excluding carboxylic acids is 2. The number of aryl methyl sites for hydroxylation is 1. The first kappa shape index (κ1) is 19.1. The summed E-state index contributed by atoms with van der Waals surface area (Å²) < 4.78 is 14.1. The van der Waals surface area contributed by atoms with Gasteiger partial charge in [0, 0.05) is 19.5 Å². The molecule has 0 saturated carbocycles. The Morgan fingerprint density at radius 3 is 2.72 bits per heavy atom. The molecule has 2 aliphatic heterocycles. The van der Waals surface area contributed by atoms with Crippen LogP contribution in [0.25, 0.3) is 0 Å². The number of rotatable bonds is 3. The number of aromatic nitrogens is 2. The molecule has 0 spiro atoms. The minimum absolute atomic E-state index is 0.00227. The van der Waals surface area contributed by atoms with Crippen LogP contribution in [-0.2, 0) is 9.59 Å². The van der Waals surface area contributed by atoms with Crippen molar-refractivity contribution in [3.63, 3.8) is 0 Å². The smallest absolute Gasteiger partial charge is 0.258 e. The topological polar surface area (TPSA) is 107 Å². The molecule has 0 radical (unpaired) electrons. The van der Waals surface area contributed by atoms with Gasteiger partial charge in [0.05, 0.1) is 17.2 Å². The van der Waals surface area contributed by atoms with Crippen molar-refractivity contribution in [2.45, 2.75) is 38.5 Å². The van der Waals surface area contributed by atoms with E-state index in [4.69, 9.17) is 0 Å². The van der Waals surface area contributed by atoms with E-state index in [0.717, 1.165) is 32.4 Å². The van der Waals surface area contributed by atoms with E-state index in [1.807, 2.05) is 4.90 Å². The highest BCUT2D eigenvalue weighted by molar-refractivity contribution is 6.04. The molecule has 152 valence electrons. The fourth-order valence-corrected chi connectivity index (χ4v) is 3.78. The van der Waals surface area contributed by atoms with Gasteiger partial charge in [-0.2, -0.15) is 4.98 Å². The van der Waals surface area contributed by atoms with Crippen molar-refractivity contribution >= 4 is 29.3 Å². The normalized spacial score (nSPS) is 18.8. The summed E-state index contributed by atoms with van der Waals surface area (Å²) >= 11 is 0. The highest BCUT2D eigenvalue weighted by atomic mass is 19.1. The van der Waals surface area contributed by atoms with E-state index in [1.165, 1.54) is 12.1 Å². The summed E-state index contributed by atoms with van der Waals surface area (Å²) in [6.45, 7) is 3.28. The number of nitrogens with zero attached hydrogens (tertiary/aromatic N) is 2. The maximum Gasteiger partial charge on any atom is 0.258 e. The second-order valence-electron chi connectivity index (χ2n) is 7.48. The Hall–Kier alpha value is -3.23. The van der Waals surface area contributed by atoms with Crippen molar-refractivity contribution in [2.75, 3.05) is 28.6 Å². The number of benzene rings is 1. The summed E-state index contributed by atoms with van der Waals surface area (Å²) in [6.07, 6.45) is 2.92. The Balaban J connectivity index is 1.65. The molecule has 3 N–H and O–H groups in total. The van der Waals surface area contributed by atoms with Crippen molar-refractivity contribution in [2.24, 2.45) is 0 Å². The molecule has 1 fully saturated rings. The van der Waals surface area contributed by atoms with Gasteiger partial charge >= 0.3 is 0 Å². The van der Waals surface area contributed by atoms with Crippen LogP contribution in [0.1, 0.15) is 42.7 Å². The van der Waals surface area contributed by atoms with E-state index in [1.54, 1.807) is 13.0 Å². The second kappa shape index (κ2) is 7.65. The van der Waals surface area contributed by atoms with Crippen LogP contribution in [0.2, 0.25) is 0 Å². The van der Waals surface area contributed by atoms with Crippen molar-refractivity contribution in [3.8, 4) is 0 Å². The fourth-order valence-electron chi connectivity index (χ4n) is 3.78. The van der Waals surface area contributed by atoms with Gasteiger partial charge in [-0.05, 0) is 43.9 Å². The predicted molar refractivity (Wildman–Crippen MR) is 107 cm³/mol. The minimum atomic E-state index is -1.05. The first-order valence-electron chi connectivity index (χ1n) is 9.68. The number of amides is 2. The van der Waals surface area contributed by atoms with E-state index in [2.05, 4.69) is 20.6 Å². The van der Waals surface area contributed by atoms with Gasteiger partial charge in [-0.3, -0.25) is 19.4 Å². The molecule has 1 unspecified atom stereocenters. The fraction of sp³-hybridized carbons (Fsp3) is 0.400. The molecule has 4 rings (SSSR count). The number of H-pyrrole nitrogens is 1. The van der Waals surface area contributed by atoms with Crippen LogP contribution in [0.5, 0.6) is 0 Å². The van der Waals surface area contributed by atoms with Crippen LogP contribution in [0.15, 0.2) is 23.0 Å². The third kappa shape index (κ3) is 3.85. The largest absolute Gasteiger partial charge is 0.342 e. The summed E-state index contributed by atoms with van der Waals surface area (Å²) in [7, 11) is 0. The van der Waals surface area contributed by atoms with E-state index < -0.39 is 29.1 Å². The zero-order chi connectivity index (χ0) is 20.5. The van der Waals surface area contributed by atoms with Gasteiger partial charge in [0.25, 0.3) is 5.56 Å². The predicted octanol–water partition coefficient (Wildman–Crippen LogP) is 2.27. The lowest BCUT2D eigenvalue weighted by Gasteiger charge is -2.29. The number of carbonyl (C=O) groups is 2. The summed E-state index contributed by atoms with van der Waals surface area (Å²) in [5.74, 6) is -2.18. The summed E-state index contributed by atoms with van der Waals surface area (Å²) in [4.78, 5) is 46.9. The molecule has 2 aromatic rings. The Bertz CT molecular complexity index is 1030. The van der Waals surface area contributed by atoms with Gasteiger partial charge in [0.2, 0.25) is 17.8 Å². The maximum atomic E-state index is 14.1. The molecule has 1 atom stereocenters. The zero-order valence-electron chi connectivity index (χ0n) is 16.0. The number of halogens is 1. The quantitative estimate of drug-likeness (QED) is 0.734. The van der Waals surface area contributed by atoms with Gasteiger partial charge in [-0.25, -0.2) is 4.39 Å². The molecule has 3 heterocycles. The van der Waals surface area contributed by atoms with Gasteiger partial charge < -0.3 is 15.5 Å². The van der Waals surface area contributed by atoms with E-state index >= 15 is 0 Å². The van der Waals surface area contributed by atoms with Crippen molar-refractivity contribution in [1.29, 1.82) is 0 Å². The highest BCUT2D eigenvalue weighted by Gasteiger charge is 2.35. The van der Waals surface area contributed by atoms with Crippen molar-refractivity contribution < 1.29 is 14.0 Å². The van der Waals surface area contributed by atoms with E-state index in [-0.39, 0.29) is 23.5 Å². The van der Waals surface area contributed by atoms with E-state index in [9.17, 15) is 18.8 Å². The van der Waals surface area contributed by atoms with Crippen LogP contribution in [0.3, 0.4) is 0 Å². The minimum Gasteiger partial charge on any atom is -0.342 e. The van der Waals surface area contributed by atoms with Crippen LogP contribution >= 0.6 is 0 Å². The monoisotopic (exact) mass is 399 g/mol. The number of nitrogens with one attached hydrogen (secondary N) is 3. The standard InChI is InChI=1S/C20H22FN5O3/c1-11-5-6-14(13(21)9-11)22-18(28)12-10-15(27)23-17-16(12)19(29)25-20(24-17)26-7-3-2-4-8-26/h5-6,9,12H,2-4,7-8,10H2,1H3,(H,22,28)(H2,23,24,25,27,29). The lowest BCUT2D eigenvalue weighted by atomic mass is 9.92. The Kier molecular flexibility index (Phi) is 5.04. The van der Waals surface area contributed by atoms with Gasteiger partial charge in [-0.1, -0.05) is 6.07 Å². The van der Waals surface area contributed by atoms with Crippen molar-refractivity contribution in [1.82, 2.24) is 9.97 Å². The number of fused-ring (bicyclic) bond motifs is 1. The molecular weight excluding hydrogens is 377 g/mol. The van der Waals surface area contributed by atoms with Gasteiger partial charge in [0.15, 0.2) is 0 Å². The van der Waals surface area contributed by atoms with Gasteiger partial charge in [0.1, 0.15) is 11.6 Å². The summed E-state index contributed by atoms with van der Waals surface area (Å²) in [5, 5.41) is 5.09. The number of piperidine rings is 1. The first-order valence-corrected chi connectivity index (χ1v) is 9.68. The molecule has 8 nitrogen and oxygen atoms in total. The zero-order valence-corrected chi connectivity index (χ0v) is 16.0. The lowest BCUT2D eigenvalue weighted by Crippen LogP contribution is -2.38. The molecule has 1 aromatic carbocycles. The summed E-state index contributed by atoms with van der Waals surface area (Å²) in [6, 6.07) is 4.42. The molecule has 29 heavy (non-hydrogen) atoms. The average Bonchev–Trinajstić information content (AvgIpc) is 2.69. The van der Waals surface area contributed by atoms with Crippen LogP contribution in [0.4, 0.5) is 21.8 Å². The van der Waals surface area contributed by atoms with Crippen LogP contribution in [-0.4, -0.2) is 34.9 Å². The lowest BCUT2D eigenvalue weighted by molar-refractivity contribution is -0.123.